The topological polar surface area (TPSA) is 86.4 Å². The molecule has 1 aliphatic carbocycles. The number of hydrogen-bond acceptors (Lipinski definition) is 4. The van der Waals surface area contributed by atoms with E-state index in [1.807, 2.05) is 0 Å². The summed E-state index contributed by atoms with van der Waals surface area (Å²) in [5.41, 5.74) is 0.644. The molecule has 1 N–H and O–H groups in total. The first-order chi connectivity index (χ1) is 10.5. The Kier molecular flexibility index (Phi) is 4.58. The molecule has 1 aromatic rings. The SMILES string of the molecule is CC(=O)C(C=C1C=CC=CC1=[N+]([O-])[O-])=C(O)c1ccccc1. The third-order valence-electron chi connectivity index (χ3n) is 3.11. The van der Waals surface area contributed by atoms with Gasteiger partial charge in [0.25, 0.3) is 0 Å². The minimum absolute atomic E-state index is 0.0282. The van der Waals surface area contributed by atoms with E-state index in [1.165, 1.54) is 25.2 Å². The number of aliphatic hydroxyl groups excluding tert-OH is 1. The van der Waals surface area contributed by atoms with Crippen molar-refractivity contribution in [1.29, 1.82) is 0 Å². The van der Waals surface area contributed by atoms with Gasteiger partial charge in [0.05, 0.1) is 5.57 Å². The monoisotopic (exact) mass is 296 g/mol. The maximum Gasteiger partial charge on any atom is 0.230 e. The summed E-state index contributed by atoms with van der Waals surface area (Å²) < 4.78 is 0. The molecule has 0 saturated heterocycles. The van der Waals surface area contributed by atoms with Crippen molar-refractivity contribution in [1.82, 2.24) is 0 Å². The number of Topliss-reactive ketones (excluding diaryl/α,β-unsaturated/α-hetero) is 1. The lowest BCUT2D eigenvalue weighted by Crippen LogP contribution is -2.12. The van der Waals surface area contributed by atoms with Crippen LogP contribution in [0.15, 0.2) is 71.9 Å². The van der Waals surface area contributed by atoms with Gasteiger partial charge in [0.1, 0.15) is 5.76 Å². The summed E-state index contributed by atoms with van der Waals surface area (Å²) in [6, 6.07) is 8.57. The summed E-state index contributed by atoms with van der Waals surface area (Å²) in [7, 11) is 0. The number of aliphatic hydroxyl groups is 1. The first kappa shape index (κ1) is 15.3. The number of allylic oxidation sites excluding steroid dienone is 7. The van der Waals surface area contributed by atoms with E-state index in [0.29, 0.717) is 5.56 Å². The van der Waals surface area contributed by atoms with E-state index < -0.39 is 4.90 Å². The Morgan fingerprint density at radius 2 is 1.77 bits per heavy atom. The third kappa shape index (κ3) is 3.32. The van der Waals surface area contributed by atoms with Crippen molar-refractivity contribution in [2.75, 3.05) is 0 Å². The van der Waals surface area contributed by atoms with Crippen LogP contribution in [0.2, 0.25) is 0 Å². The van der Waals surface area contributed by atoms with Crippen LogP contribution in [0.4, 0.5) is 0 Å². The zero-order valence-corrected chi connectivity index (χ0v) is 11.9. The van der Waals surface area contributed by atoms with Gasteiger partial charge in [-0.1, -0.05) is 42.5 Å². The standard InChI is InChI=1S/C17H14NO4/c1-12(19)15(17(20)13-7-3-2-4-8-13)11-14-9-5-6-10-16(14)18(21)22/h2-11H,1H3,(H-,19,20,21,22)/q-1. The Balaban J connectivity index is 2.57. The van der Waals surface area contributed by atoms with Crippen molar-refractivity contribution in [2.45, 2.75) is 6.92 Å². The van der Waals surface area contributed by atoms with Crippen LogP contribution in [-0.4, -0.2) is 21.5 Å². The van der Waals surface area contributed by atoms with Crippen molar-refractivity contribution in [3.63, 3.8) is 0 Å². The molecule has 0 spiro atoms. The highest BCUT2D eigenvalue weighted by Crippen LogP contribution is 2.20. The number of rotatable bonds is 3. The lowest BCUT2D eigenvalue weighted by atomic mass is 9.98. The van der Waals surface area contributed by atoms with Crippen molar-refractivity contribution in [3.05, 3.63) is 87.8 Å². The van der Waals surface area contributed by atoms with Gasteiger partial charge >= 0.3 is 0 Å². The van der Waals surface area contributed by atoms with Gasteiger partial charge in [-0.15, -0.1) is 0 Å². The van der Waals surface area contributed by atoms with Gasteiger partial charge in [-0.05, 0) is 19.1 Å². The lowest BCUT2D eigenvalue weighted by molar-refractivity contribution is -0.377. The Hall–Kier alpha value is -3.08. The summed E-state index contributed by atoms with van der Waals surface area (Å²) in [5, 5.41) is 32.4. The predicted molar refractivity (Wildman–Crippen MR) is 85.0 cm³/mol. The first-order valence-corrected chi connectivity index (χ1v) is 6.58. The molecule has 2 rings (SSSR count). The first-order valence-electron chi connectivity index (χ1n) is 6.58. The van der Waals surface area contributed by atoms with Crippen molar-refractivity contribution in [2.24, 2.45) is 0 Å². The highest BCUT2D eigenvalue weighted by atomic mass is 16.8. The predicted octanol–water partition coefficient (Wildman–Crippen LogP) is 3.05. The molecule has 5 heteroatoms. The summed E-state index contributed by atoms with van der Waals surface area (Å²) in [6.07, 6.45) is 7.39. The van der Waals surface area contributed by atoms with Crippen LogP contribution in [-0.2, 0) is 4.79 Å². The van der Waals surface area contributed by atoms with E-state index in [2.05, 4.69) is 0 Å². The molecule has 0 radical (unpaired) electrons. The van der Waals surface area contributed by atoms with Gasteiger partial charge in [-0.25, -0.2) is 0 Å². The van der Waals surface area contributed by atoms with Gasteiger partial charge in [0.2, 0.25) is 5.71 Å². The minimum Gasteiger partial charge on any atom is -0.612 e. The molecule has 0 bridgehead atoms. The van der Waals surface area contributed by atoms with Gasteiger partial charge in [-0.3, -0.25) is 4.79 Å². The van der Waals surface area contributed by atoms with E-state index in [0.717, 1.165) is 0 Å². The summed E-state index contributed by atoms with van der Waals surface area (Å²) in [5.74, 6) is -0.578. The molecular weight excluding hydrogens is 282 g/mol. The van der Waals surface area contributed by atoms with Gasteiger partial charge < -0.3 is 15.5 Å². The molecule has 112 valence electrons. The van der Waals surface area contributed by atoms with Crippen molar-refractivity contribution >= 4 is 17.3 Å². The largest absolute Gasteiger partial charge is 0.612 e. The molecule has 0 fully saturated rings. The number of carbonyl (C=O) groups excluding carboxylic acids is 1. The van der Waals surface area contributed by atoms with E-state index >= 15 is 0 Å². The van der Waals surface area contributed by atoms with Gasteiger partial charge in [0, 0.05) is 17.2 Å². The fourth-order valence-electron chi connectivity index (χ4n) is 2.02. The molecule has 0 saturated carbocycles. The molecule has 0 aromatic heterocycles. The third-order valence-corrected chi connectivity index (χ3v) is 3.11. The van der Waals surface area contributed by atoms with Crippen molar-refractivity contribution < 1.29 is 14.8 Å². The molecule has 0 aliphatic heterocycles. The fourth-order valence-corrected chi connectivity index (χ4v) is 2.02. The zero-order valence-electron chi connectivity index (χ0n) is 11.9. The van der Waals surface area contributed by atoms with Crippen LogP contribution in [0.1, 0.15) is 12.5 Å². The zero-order chi connectivity index (χ0) is 16.1. The lowest BCUT2D eigenvalue weighted by Gasteiger charge is -2.12. The fraction of sp³-hybridized carbons (Fsp3) is 0.0588. The molecule has 0 unspecified atom stereocenters. The van der Waals surface area contributed by atoms with E-state index in [4.69, 9.17) is 0 Å². The van der Waals surface area contributed by atoms with Crippen LogP contribution in [0.5, 0.6) is 0 Å². The smallest absolute Gasteiger partial charge is 0.230 e. The molecular formula is C17H14NO4-. The highest BCUT2D eigenvalue weighted by Gasteiger charge is 2.16. The Bertz CT molecular complexity index is 733. The second-order valence-corrected chi connectivity index (χ2v) is 4.64. The number of nitrogens with zero attached hydrogens (tertiary/aromatic N) is 1. The minimum atomic E-state index is -0.525. The molecule has 22 heavy (non-hydrogen) atoms. The summed E-state index contributed by atoms with van der Waals surface area (Å²) in [6.45, 7) is 1.31. The highest BCUT2D eigenvalue weighted by molar-refractivity contribution is 6.11. The Labute approximate surface area is 127 Å². The van der Waals surface area contributed by atoms with E-state index in [-0.39, 0.29) is 28.4 Å². The summed E-state index contributed by atoms with van der Waals surface area (Å²) >= 11 is 0. The maximum atomic E-state index is 11.8. The molecule has 5 nitrogen and oxygen atoms in total. The van der Waals surface area contributed by atoms with Crippen LogP contribution in [0.3, 0.4) is 0 Å². The molecule has 1 aliphatic rings. The maximum absolute atomic E-state index is 11.8. The molecule has 0 heterocycles. The average molecular weight is 296 g/mol. The van der Waals surface area contributed by atoms with Gasteiger partial charge in [-0.2, -0.15) is 4.90 Å². The number of ketones is 1. The quantitative estimate of drug-likeness (QED) is 0.402. The second-order valence-electron chi connectivity index (χ2n) is 4.64. The van der Waals surface area contributed by atoms with E-state index in [1.54, 1.807) is 42.5 Å². The second kappa shape index (κ2) is 6.58. The Morgan fingerprint density at radius 1 is 1.14 bits per heavy atom. The van der Waals surface area contributed by atoms with Crippen LogP contribution in [0, 0.1) is 10.4 Å². The Morgan fingerprint density at radius 3 is 2.36 bits per heavy atom. The molecule has 1 aromatic carbocycles. The van der Waals surface area contributed by atoms with Crippen LogP contribution in [0.25, 0.3) is 5.76 Å². The number of carbonyl (C=O) groups is 1. The van der Waals surface area contributed by atoms with Crippen molar-refractivity contribution in [3.8, 4) is 0 Å². The number of benzene rings is 1. The molecule has 0 amide bonds. The van der Waals surface area contributed by atoms with E-state index in [9.17, 15) is 20.3 Å². The van der Waals surface area contributed by atoms with Gasteiger partial charge in [0.15, 0.2) is 5.78 Å². The molecule has 0 atom stereocenters. The average Bonchev–Trinajstić information content (AvgIpc) is 2.52. The van der Waals surface area contributed by atoms with Crippen LogP contribution >= 0.6 is 0 Å². The number of hydrogen-bond donors (Lipinski definition) is 1. The summed E-state index contributed by atoms with van der Waals surface area (Å²) in [4.78, 5) is 11.3. The van der Waals surface area contributed by atoms with Crippen LogP contribution < -0.4 is 0 Å². The normalized spacial score (nSPS) is 16.6.